The third kappa shape index (κ3) is 2.43. The van der Waals surface area contributed by atoms with E-state index >= 15 is 0 Å². The highest BCUT2D eigenvalue weighted by molar-refractivity contribution is 5.80. The molecule has 0 aliphatic heterocycles. The summed E-state index contributed by atoms with van der Waals surface area (Å²) >= 11 is 0. The van der Waals surface area contributed by atoms with E-state index in [2.05, 4.69) is 0 Å². The molecule has 4 heteroatoms. The summed E-state index contributed by atoms with van der Waals surface area (Å²) < 4.78 is 0. The van der Waals surface area contributed by atoms with Crippen LogP contribution in [0.2, 0.25) is 0 Å². The van der Waals surface area contributed by atoms with Crippen molar-refractivity contribution in [3.8, 4) is 0 Å². The van der Waals surface area contributed by atoms with Crippen LogP contribution in [0.15, 0.2) is 0 Å². The smallest absolute Gasteiger partial charge is 0.252 e. The minimum atomic E-state index is -1.04. The Bertz CT molecular complexity index is 103. The maximum absolute atomic E-state index is 10.7. The molecular weight excluding hydrogens is 120 g/mol. The second kappa shape index (κ2) is 3.42. The van der Waals surface area contributed by atoms with Gasteiger partial charge in [-0.2, -0.15) is 0 Å². The molecule has 1 amide bonds. The first-order chi connectivity index (χ1) is 4.09. The van der Waals surface area contributed by atoms with Crippen LogP contribution in [0.4, 0.5) is 0 Å². The molecule has 0 aliphatic rings. The average Bonchev–Trinajstić information content (AvgIpc) is 1.84. The number of hydrogen-bond donors (Lipinski definition) is 2. The van der Waals surface area contributed by atoms with Gasteiger partial charge < -0.3 is 15.7 Å². The predicted molar refractivity (Wildman–Crippen MR) is 33.8 cm³/mol. The first kappa shape index (κ1) is 8.39. The van der Waals surface area contributed by atoms with E-state index in [4.69, 9.17) is 10.8 Å². The number of nitrogens with zero attached hydrogens (tertiary/aromatic N) is 1. The van der Waals surface area contributed by atoms with Crippen LogP contribution in [0.3, 0.4) is 0 Å². The molecule has 3 N–H and O–H groups in total. The van der Waals surface area contributed by atoms with Gasteiger partial charge in [-0.05, 0) is 0 Å². The summed E-state index contributed by atoms with van der Waals surface area (Å²) in [5, 5.41) is 8.78. The van der Waals surface area contributed by atoms with Crippen LogP contribution in [-0.4, -0.2) is 42.7 Å². The Morgan fingerprint density at radius 3 is 2.33 bits per heavy atom. The van der Waals surface area contributed by atoms with Gasteiger partial charge in [-0.25, -0.2) is 0 Å². The molecule has 54 valence electrons. The lowest BCUT2D eigenvalue weighted by molar-refractivity contribution is -0.136. The van der Waals surface area contributed by atoms with Crippen LogP contribution in [0.1, 0.15) is 0 Å². The average molecular weight is 132 g/mol. The van der Waals surface area contributed by atoms with Crippen LogP contribution < -0.4 is 5.73 Å². The molecule has 0 aliphatic carbocycles. The van der Waals surface area contributed by atoms with E-state index in [0.29, 0.717) is 0 Å². The molecule has 0 spiro atoms. The molecule has 0 saturated carbocycles. The number of carbonyl (C=O) groups is 1. The lowest BCUT2D eigenvalue weighted by Crippen LogP contribution is -2.38. The lowest BCUT2D eigenvalue weighted by Gasteiger charge is -2.13. The minimum absolute atomic E-state index is 0.0169. The van der Waals surface area contributed by atoms with E-state index in [1.54, 1.807) is 14.1 Å². The van der Waals surface area contributed by atoms with Crippen molar-refractivity contribution in [1.82, 2.24) is 4.90 Å². The van der Waals surface area contributed by atoms with E-state index in [-0.39, 0.29) is 12.5 Å². The number of rotatable bonds is 2. The van der Waals surface area contributed by atoms with Crippen LogP contribution in [0.25, 0.3) is 0 Å². The van der Waals surface area contributed by atoms with Gasteiger partial charge in [0.25, 0.3) is 5.91 Å². The lowest BCUT2D eigenvalue weighted by atomic mass is 10.3. The summed E-state index contributed by atoms with van der Waals surface area (Å²) in [6.07, 6.45) is -1.04. The van der Waals surface area contributed by atoms with E-state index in [1.165, 1.54) is 4.90 Å². The summed E-state index contributed by atoms with van der Waals surface area (Å²) in [5.41, 5.74) is 5.01. The zero-order valence-corrected chi connectivity index (χ0v) is 5.66. The Kier molecular flexibility index (Phi) is 3.19. The summed E-state index contributed by atoms with van der Waals surface area (Å²) in [5.74, 6) is -0.350. The van der Waals surface area contributed by atoms with Crippen molar-refractivity contribution < 1.29 is 9.90 Å². The van der Waals surface area contributed by atoms with Crippen LogP contribution in [-0.2, 0) is 4.79 Å². The van der Waals surface area contributed by atoms with E-state index in [0.717, 1.165) is 0 Å². The summed E-state index contributed by atoms with van der Waals surface area (Å²) in [4.78, 5) is 12.0. The molecule has 0 bridgehead atoms. The van der Waals surface area contributed by atoms with Gasteiger partial charge in [0.15, 0.2) is 0 Å². The number of hydrogen-bond acceptors (Lipinski definition) is 3. The van der Waals surface area contributed by atoms with Gasteiger partial charge >= 0.3 is 0 Å². The quantitative estimate of drug-likeness (QED) is 0.475. The van der Waals surface area contributed by atoms with Gasteiger partial charge in [0.2, 0.25) is 0 Å². The second-order valence-electron chi connectivity index (χ2n) is 1.98. The molecule has 0 rings (SSSR count). The molecule has 4 nitrogen and oxygen atoms in total. The Hall–Kier alpha value is -0.610. The Balaban J connectivity index is 3.73. The molecule has 1 atom stereocenters. The topological polar surface area (TPSA) is 66.6 Å². The molecule has 0 aromatic heterocycles. The highest BCUT2D eigenvalue weighted by Gasteiger charge is 2.13. The zero-order chi connectivity index (χ0) is 7.44. The largest absolute Gasteiger partial charge is 0.382 e. The van der Waals surface area contributed by atoms with Crippen molar-refractivity contribution >= 4 is 5.91 Å². The number of amides is 1. The number of aliphatic hydroxyl groups excluding tert-OH is 1. The minimum Gasteiger partial charge on any atom is -0.382 e. The first-order valence-corrected chi connectivity index (χ1v) is 2.69. The Labute approximate surface area is 54.3 Å². The van der Waals surface area contributed by atoms with Gasteiger partial charge in [-0.15, -0.1) is 0 Å². The third-order valence-corrected chi connectivity index (χ3v) is 0.949. The van der Waals surface area contributed by atoms with Crippen molar-refractivity contribution in [2.45, 2.75) is 6.10 Å². The van der Waals surface area contributed by atoms with Crippen molar-refractivity contribution in [3.63, 3.8) is 0 Å². The van der Waals surface area contributed by atoms with E-state index in [9.17, 15) is 4.79 Å². The van der Waals surface area contributed by atoms with Gasteiger partial charge in [0.05, 0.1) is 0 Å². The summed E-state index contributed by atoms with van der Waals surface area (Å²) in [7, 11) is 3.14. The summed E-state index contributed by atoms with van der Waals surface area (Å²) in [6, 6.07) is 0. The SMILES string of the molecule is CN(C)C(=O)C(O)CN. The van der Waals surface area contributed by atoms with Gasteiger partial charge in [-0.3, -0.25) is 4.79 Å². The molecular formula is C5H12N2O2. The van der Waals surface area contributed by atoms with E-state index < -0.39 is 6.10 Å². The Morgan fingerprint density at radius 1 is 1.78 bits per heavy atom. The van der Waals surface area contributed by atoms with Crippen LogP contribution >= 0.6 is 0 Å². The number of likely N-dealkylation sites (N-methyl/N-ethyl adjacent to an activating group) is 1. The van der Waals surface area contributed by atoms with Crippen molar-refractivity contribution in [2.75, 3.05) is 20.6 Å². The van der Waals surface area contributed by atoms with Gasteiger partial charge in [0, 0.05) is 20.6 Å². The molecule has 0 radical (unpaired) electrons. The molecule has 0 aromatic rings. The van der Waals surface area contributed by atoms with Crippen LogP contribution in [0.5, 0.6) is 0 Å². The summed E-state index contributed by atoms with van der Waals surface area (Å²) in [6.45, 7) is -0.0169. The highest BCUT2D eigenvalue weighted by Crippen LogP contribution is 1.84. The van der Waals surface area contributed by atoms with Crippen molar-refractivity contribution in [3.05, 3.63) is 0 Å². The fourth-order valence-corrected chi connectivity index (χ4v) is 0.399. The fraction of sp³-hybridized carbons (Fsp3) is 0.800. The van der Waals surface area contributed by atoms with Gasteiger partial charge in [0.1, 0.15) is 6.10 Å². The molecule has 0 aromatic carbocycles. The molecule has 9 heavy (non-hydrogen) atoms. The molecule has 1 unspecified atom stereocenters. The maximum Gasteiger partial charge on any atom is 0.252 e. The number of carbonyl (C=O) groups excluding carboxylic acids is 1. The Morgan fingerprint density at radius 2 is 2.22 bits per heavy atom. The maximum atomic E-state index is 10.7. The second-order valence-corrected chi connectivity index (χ2v) is 1.98. The number of aliphatic hydroxyl groups is 1. The predicted octanol–water partition coefficient (Wildman–Crippen LogP) is -1.61. The normalized spacial score (nSPS) is 12.9. The molecule has 0 heterocycles. The van der Waals surface area contributed by atoms with Crippen molar-refractivity contribution in [1.29, 1.82) is 0 Å². The molecule has 0 saturated heterocycles. The van der Waals surface area contributed by atoms with Gasteiger partial charge in [-0.1, -0.05) is 0 Å². The first-order valence-electron chi connectivity index (χ1n) is 2.69. The highest BCUT2D eigenvalue weighted by atomic mass is 16.3. The zero-order valence-electron chi connectivity index (χ0n) is 5.66. The van der Waals surface area contributed by atoms with Crippen molar-refractivity contribution in [2.24, 2.45) is 5.73 Å². The number of nitrogens with two attached hydrogens (primary N) is 1. The molecule has 0 fully saturated rings. The van der Waals surface area contributed by atoms with E-state index in [1.807, 2.05) is 0 Å². The standard InChI is InChI=1S/C5H12N2O2/c1-7(2)5(9)4(8)3-6/h4,8H,3,6H2,1-2H3. The third-order valence-electron chi connectivity index (χ3n) is 0.949. The van der Waals surface area contributed by atoms with Crippen LogP contribution in [0, 0.1) is 0 Å². The monoisotopic (exact) mass is 132 g/mol. The fourth-order valence-electron chi connectivity index (χ4n) is 0.399.